The van der Waals surface area contributed by atoms with E-state index < -0.39 is 27.0 Å². The average molecular weight is 354 g/mol. The predicted octanol–water partition coefficient (Wildman–Crippen LogP) is -13.4. The van der Waals surface area contributed by atoms with E-state index in [0.29, 0.717) is 0 Å². The normalized spacial score (nSPS) is 11.8. The van der Waals surface area contributed by atoms with Crippen LogP contribution in [0.1, 0.15) is 11.2 Å². The fourth-order valence-electron chi connectivity index (χ4n) is 1.27. The molecule has 1 atom stereocenters. The Bertz CT molecular complexity index is 448. The zero-order chi connectivity index (χ0) is 12.4. The minimum absolute atomic E-state index is 0. The molecule has 1 aromatic carbocycles. The molecule has 0 heterocycles. The van der Waals surface area contributed by atoms with Gasteiger partial charge in [-0.25, -0.2) is 0 Å². The second-order valence-corrected chi connectivity index (χ2v) is 6.55. The van der Waals surface area contributed by atoms with Gasteiger partial charge in [0.25, 0.3) is 0 Å². The molecule has 0 saturated heterocycles. The SMILES string of the molecule is O=P([O-])([O-])CC(c1ccccc1)P(=O)([O-])[O-].[Na+].[Na+].[Na+].[Na+]. The first-order chi connectivity index (χ1) is 7.20. The van der Waals surface area contributed by atoms with Gasteiger partial charge in [-0.3, -0.25) is 0 Å². The van der Waals surface area contributed by atoms with Gasteiger partial charge in [0.2, 0.25) is 0 Å². The first-order valence-electron chi connectivity index (χ1n) is 4.28. The summed E-state index contributed by atoms with van der Waals surface area (Å²) in [5, 5.41) is 0. The fraction of sp³-hybridized carbons (Fsp3) is 0.250. The molecule has 0 aliphatic rings. The molecule has 0 amide bonds. The first-order valence-corrected chi connectivity index (χ1v) is 7.62. The van der Waals surface area contributed by atoms with Crippen LogP contribution in [0, 0.1) is 0 Å². The molecule has 1 unspecified atom stereocenters. The van der Waals surface area contributed by atoms with E-state index in [2.05, 4.69) is 0 Å². The summed E-state index contributed by atoms with van der Waals surface area (Å²) in [5.41, 5.74) is -1.79. The number of rotatable bonds is 4. The summed E-state index contributed by atoms with van der Waals surface area (Å²) in [7, 11) is -10.2. The van der Waals surface area contributed by atoms with Crippen LogP contribution in [0.25, 0.3) is 0 Å². The van der Waals surface area contributed by atoms with Gasteiger partial charge in [-0.15, -0.1) is 0 Å². The zero-order valence-corrected chi connectivity index (χ0v) is 21.8. The minimum Gasteiger partial charge on any atom is -0.811 e. The Kier molecular flexibility index (Phi) is 21.6. The molecule has 1 aromatic rings. The molecular formula is C8H8Na4O6P2. The second-order valence-electron chi connectivity index (χ2n) is 3.26. The minimum atomic E-state index is -5.17. The van der Waals surface area contributed by atoms with E-state index in [1.54, 1.807) is 6.07 Å². The fourth-order valence-corrected chi connectivity index (χ4v) is 3.85. The van der Waals surface area contributed by atoms with Gasteiger partial charge in [-0.05, 0) is 11.7 Å². The van der Waals surface area contributed by atoms with Gasteiger partial charge in [-0.2, -0.15) is 0 Å². The van der Waals surface area contributed by atoms with Crippen molar-refractivity contribution in [2.75, 3.05) is 6.16 Å². The summed E-state index contributed by atoms with van der Waals surface area (Å²) in [6.07, 6.45) is -1.21. The monoisotopic (exact) mass is 354 g/mol. The molecule has 0 radical (unpaired) electrons. The van der Waals surface area contributed by atoms with E-state index in [0.717, 1.165) is 0 Å². The Morgan fingerprint density at radius 3 is 1.55 bits per heavy atom. The predicted molar refractivity (Wildman–Crippen MR) is 49.3 cm³/mol. The topological polar surface area (TPSA) is 126 Å². The maximum atomic E-state index is 10.9. The van der Waals surface area contributed by atoms with Crippen molar-refractivity contribution in [3.63, 3.8) is 0 Å². The van der Waals surface area contributed by atoms with E-state index in [1.807, 2.05) is 0 Å². The van der Waals surface area contributed by atoms with E-state index >= 15 is 0 Å². The van der Waals surface area contributed by atoms with Crippen molar-refractivity contribution in [3.05, 3.63) is 35.9 Å². The third-order valence-electron chi connectivity index (χ3n) is 1.96. The summed E-state index contributed by atoms with van der Waals surface area (Å²) < 4.78 is 21.4. The first kappa shape index (κ1) is 31.3. The molecule has 0 aliphatic heterocycles. The molecule has 0 N–H and O–H groups in total. The van der Waals surface area contributed by atoms with Crippen LogP contribution in [0.3, 0.4) is 0 Å². The molecule has 12 heteroatoms. The zero-order valence-electron chi connectivity index (χ0n) is 12.0. The molecule has 0 saturated carbocycles. The Morgan fingerprint density at radius 1 is 0.850 bits per heavy atom. The Labute approximate surface area is 206 Å². The molecule has 20 heavy (non-hydrogen) atoms. The Morgan fingerprint density at radius 2 is 1.25 bits per heavy atom. The molecule has 0 fully saturated rings. The van der Waals surface area contributed by atoms with Crippen molar-refractivity contribution in [2.24, 2.45) is 0 Å². The van der Waals surface area contributed by atoms with Gasteiger partial charge >= 0.3 is 118 Å². The molecule has 0 aliphatic carbocycles. The van der Waals surface area contributed by atoms with Crippen LogP contribution in [0.15, 0.2) is 30.3 Å². The van der Waals surface area contributed by atoms with Gasteiger partial charge < -0.3 is 28.7 Å². The van der Waals surface area contributed by atoms with Gasteiger partial charge in [0, 0.05) is 5.66 Å². The van der Waals surface area contributed by atoms with Gasteiger partial charge in [-0.1, -0.05) is 45.5 Å². The summed E-state index contributed by atoms with van der Waals surface area (Å²) in [5.74, 6) is 0. The van der Waals surface area contributed by atoms with Crippen molar-refractivity contribution >= 4 is 15.2 Å². The quantitative estimate of drug-likeness (QED) is 0.390. The maximum absolute atomic E-state index is 10.9. The number of benzene rings is 1. The summed E-state index contributed by atoms with van der Waals surface area (Å²) in [4.78, 5) is 42.8. The van der Waals surface area contributed by atoms with Crippen LogP contribution in [-0.4, -0.2) is 6.16 Å². The molecule has 0 spiro atoms. The van der Waals surface area contributed by atoms with Crippen LogP contribution in [0.2, 0.25) is 0 Å². The standard InChI is InChI=1S/C8H12O6P2.4Na/c9-15(10,11)6-8(16(12,13)14)7-4-2-1-3-5-7;;;;/h1-5,8H,6H2,(H2,9,10,11)(H2,12,13,14);;;;/q;4*+1/p-4. The van der Waals surface area contributed by atoms with Crippen molar-refractivity contribution in [3.8, 4) is 0 Å². The van der Waals surface area contributed by atoms with Crippen LogP contribution in [0.5, 0.6) is 0 Å². The number of hydrogen-bond acceptors (Lipinski definition) is 6. The van der Waals surface area contributed by atoms with Gasteiger partial charge in [0.1, 0.15) is 0 Å². The van der Waals surface area contributed by atoms with Gasteiger partial charge in [0.05, 0.1) is 0 Å². The third kappa shape index (κ3) is 12.9. The summed E-state index contributed by atoms with van der Waals surface area (Å²) in [6.45, 7) is 0. The molecule has 0 bridgehead atoms. The molecular weight excluding hydrogens is 346 g/mol. The van der Waals surface area contributed by atoms with Crippen molar-refractivity contribution in [2.45, 2.75) is 5.66 Å². The van der Waals surface area contributed by atoms with E-state index in [-0.39, 0.29) is 124 Å². The van der Waals surface area contributed by atoms with Gasteiger partial charge in [0.15, 0.2) is 0 Å². The summed E-state index contributed by atoms with van der Waals surface area (Å²) >= 11 is 0. The third-order valence-corrected chi connectivity index (χ3v) is 4.31. The van der Waals surface area contributed by atoms with Crippen LogP contribution in [0.4, 0.5) is 0 Å². The van der Waals surface area contributed by atoms with E-state index in [9.17, 15) is 28.7 Å². The van der Waals surface area contributed by atoms with Crippen LogP contribution >= 0.6 is 15.2 Å². The smallest absolute Gasteiger partial charge is 0.811 e. The van der Waals surface area contributed by atoms with Crippen molar-refractivity contribution in [1.29, 1.82) is 0 Å². The average Bonchev–Trinajstić information content (AvgIpc) is 2.13. The Hall–Kier alpha value is 3.52. The maximum Gasteiger partial charge on any atom is 1.00 e. The molecule has 90 valence electrons. The molecule has 1 rings (SSSR count). The van der Waals surface area contributed by atoms with Crippen LogP contribution < -0.4 is 138 Å². The van der Waals surface area contributed by atoms with Crippen molar-refractivity contribution < 1.29 is 147 Å². The van der Waals surface area contributed by atoms with Crippen LogP contribution in [-0.2, 0) is 9.13 Å². The van der Waals surface area contributed by atoms with E-state index in [4.69, 9.17) is 0 Å². The second kappa shape index (κ2) is 13.8. The Balaban J connectivity index is -0.000000320. The van der Waals surface area contributed by atoms with E-state index in [1.165, 1.54) is 24.3 Å². The molecule has 6 nitrogen and oxygen atoms in total. The molecule has 0 aromatic heterocycles. The largest absolute Gasteiger partial charge is 1.00 e. The summed E-state index contributed by atoms with van der Waals surface area (Å²) in [6, 6.07) is 7.08. The van der Waals surface area contributed by atoms with Crippen molar-refractivity contribution in [1.82, 2.24) is 0 Å². The number of hydrogen-bond donors (Lipinski definition) is 0.